The number of benzene rings is 2. The molecule has 188 valence electrons. The molecular weight excluding hydrogens is 522 g/mol. The molecule has 2 fully saturated rings. The zero-order valence-corrected chi connectivity index (χ0v) is 21.6. The van der Waals surface area contributed by atoms with E-state index in [9.17, 15) is 19.8 Å². The number of halogens is 4. The standard InChI is InChI=1S/2C12H14ClNO2.2ClH/c2*13-9-5-2-1-4-8(9)12(14)7-3-6-10(15)11(12)16;;/h2*1-2,4-5,10,15H,3,6-7,14H2;2*1H/t2*10-,12-;;/m10../s1. The number of rotatable bonds is 2. The van der Waals surface area contributed by atoms with E-state index in [1.165, 1.54) is 0 Å². The number of hydrogen-bond acceptors (Lipinski definition) is 6. The lowest BCUT2D eigenvalue weighted by Crippen LogP contribution is -2.52. The highest BCUT2D eigenvalue weighted by molar-refractivity contribution is 6.32. The molecule has 2 aromatic rings. The first-order chi connectivity index (χ1) is 15.1. The maximum Gasteiger partial charge on any atom is 0.185 e. The van der Waals surface area contributed by atoms with E-state index in [4.69, 9.17) is 34.7 Å². The summed E-state index contributed by atoms with van der Waals surface area (Å²) >= 11 is 12.1. The van der Waals surface area contributed by atoms with Crippen LogP contribution in [0.3, 0.4) is 0 Å². The van der Waals surface area contributed by atoms with Gasteiger partial charge in [0.05, 0.1) is 0 Å². The minimum atomic E-state index is -1.13. The van der Waals surface area contributed by atoms with Crippen molar-refractivity contribution in [3.63, 3.8) is 0 Å². The van der Waals surface area contributed by atoms with Crippen LogP contribution in [0.1, 0.15) is 49.7 Å². The van der Waals surface area contributed by atoms with Crippen LogP contribution >= 0.6 is 48.0 Å². The summed E-state index contributed by atoms with van der Waals surface area (Å²) in [5.74, 6) is -0.654. The molecule has 0 unspecified atom stereocenters. The summed E-state index contributed by atoms with van der Waals surface area (Å²) in [5, 5.41) is 20.1. The molecule has 4 atom stereocenters. The highest BCUT2D eigenvalue weighted by Gasteiger charge is 2.44. The van der Waals surface area contributed by atoms with Gasteiger partial charge in [0.25, 0.3) is 0 Å². The first-order valence-corrected chi connectivity index (χ1v) is 11.4. The van der Waals surface area contributed by atoms with Gasteiger partial charge in [-0.3, -0.25) is 9.59 Å². The fraction of sp³-hybridized carbons (Fsp3) is 0.417. The number of aliphatic hydroxyl groups is 2. The van der Waals surface area contributed by atoms with Gasteiger partial charge in [-0.1, -0.05) is 59.6 Å². The Labute approximate surface area is 221 Å². The van der Waals surface area contributed by atoms with Crippen LogP contribution in [0.2, 0.25) is 10.0 Å². The number of ketones is 2. The summed E-state index contributed by atoms with van der Waals surface area (Å²) < 4.78 is 0. The monoisotopic (exact) mass is 550 g/mol. The minimum absolute atomic E-state index is 0. The van der Waals surface area contributed by atoms with Gasteiger partial charge in [-0.15, -0.1) is 24.8 Å². The Balaban J connectivity index is 0.000000321. The van der Waals surface area contributed by atoms with E-state index in [2.05, 4.69) is 0 Å². The SMILES string of the molecule is Cl.Cl.N[C@@]1(c2ccccc2Cl)CCC[C@@H](O)C1=O.N[C@]1(c2ccccc2Cl)CCC[C@H](O)C1=O. The normalized spacial score (nSPS) is 28.6. The number of Topliss-reactive ketones (excluding diaryl/α,β-unsaturated/α-hetero) is 2. The maximum atomic E-state index is 12.0. The molecule has 2 saturated carbocycles. The molecule has 0 saturated heterocycles. The molecule has 2 aliphatic carbocycles. The molecule has 0 heterocycles. The molecular formula is C24H30Cl4N2O4. The van der Waals surface area contributed by atoms with Gasteiger partial charge in [0.2, 0.25) is 0 Å². The van der Waals surface area contributed by atoms with Crippen molar-refractivity contribution in [3.8, 4) is 0 Å². The average molecular weight is 552 g/mol. The zero-order valence-electron chi connectivity index (χ0n) is 18.5. The third kappa shape index (κ3) is 6.12. The second kappa shape index (κ2) is 12.7. The molecule has 2 aliphatic rings. The first-order valence-electron chi connectivity index (χ1n) is 10.6. The Hall–Kier alpha value is -1.22. The van der Waals surface area contributed by atoms with Gasteiger partial charge in [0.1, 0.15) is 23.3 Å². The second-order valence-corrected chi connectivity index (χ2v) is 9.26. The van der Waals surface area contributed by atoms with Crippen LogP contribution in [0, 0.1) is 0 Å². The lowest BCUT2D eigenvalue weighted by Gasteiger charge is -2.35. The van der Waals surface area contributed by atoms with Crippen molar-refractivity contribution >= 4 is 59.6 Å². The molecule has 2 aromatic carbocycles. The van der Waals surface area contributed by atoms with Crippen LogP contribution in [0.5, 0.6) is 0 Å². The smallest absolute Gasteiger partial charge is 0.185 e. The summed E-state index contributed by atoms with van der Waals surface area (Å²) in [6.07, 6.45) is 1.58. The predicted molar refractivity (Wildman–Crippen MR) is 139 cm³/mol. The highest BCUT2D eigenvalue weighted by atomic mass is 35.5. The van der Waals surface area contributed by atoms with E-state index in [-0.39, 0.29) is 36.4 Å². The quantitative estimate of drug-likeness (QED) is 0.446. The fourth-order valence-corrected chi connectivity index (χ4v) is 5.04. The van der Waals surface area contributed by atoms with Gasteiger partial charge in [0, 0.05) is 10.0 Å². The zero-order chi connectivity index (χ0) is 23.5. The van der Waals surface area contributed by atoms with Gasteiger partial charge in [-0.2, -0.15) is 0 Å². The van der Waals surface area contributed by atoms with E-state index in [1.807, 2.05) is 0 Å². The van der Waals surface area contributed by atoms with Crippen molar-refractivity contribution in [2.24, 2.45) is 11.5 Å². The van der Waals surface area contributed by atoms with Gasteiger partial charge in [-0.25, -0.2) is 0 Å². The van der Waals surface area contributed by atoms with Crippen LogP contribution < -0.4 is 11.5 Å². The van der Waals surface area contributed by atoms with Gasteiger partial charge >= 0.3 is 0 Å². The molecule has 0 radical (unpaired) electrons. The molecule has 0 amide bonds. The predicted octanol–water partition coefficient (Wildman–Crippen LogP) is 4.06. The van der Waals surface area contributed by atoms with E-state index < -0.39 is 23.3 Å². The van der Waals surface area contributed by atoms with E-state index in [0.29, 0.717) is 46.9 Å². The van der Waals surface area contributed by atoms with E-state index in [1.54, 1.807) is 48.5 Å². The Bertz CT molecular complexity index is 929. The Morgan fingerprint density at radius 2 is 1.03 bits per heavy atom. The summed E-state index contributed by atoms with van der Waals surface area (Å²) in [4.78, 5) is 23.9. The van der Waals surface area contributed by atoms with Crippen molar-refractivity contribution in [2.45, 2.75) is 61.8 Å². The van der Waals surface area contributed by atoms with Crippen LogP contribution in [0.25, 0.3) is 0 Å². The van der Waals surface area contributed by atoms with Crippen molar-refractivity contribution in [2.75, 3.05) is 0 Å². The molecule has 0 aliphatic heterocycles. The lowest BCUT2D eigenvalue weighted by molar-refractivity contribution is -0.136. The molecule has 0 spiro atoms. The Morgan fingerprint density at radius 1 is 0.706 bits per heavy atom. The van der Waals surface area contributed by atoms with Crippen molar-refractivity contribution in [1.82, 2.24) is 0 Å². The van der Waals surface area contributed by atoms with E-state index >= 15 is 0 Å². The van der Waals surface area contributed by atoms with Crippen LogP contribution in [0.4, 0.5) is 0 Å². The number of nitrogens with two attached hydrogens (primary N) is 2. The Kier molecular flexibility index (Phi) is 11.5. The molecule has 0 bridgehead atoms. The van der Waals surface area contributed by atoms with Crippen molar-refractivity contribution < 1.29 is 19.8 Å². The maximum absolute atomic E-state index is 12.0. The minimum Gasteiger partial charge on any atom is -0.385 e. The number of hydrogen-bond donors (Lipinski definition) is 4. The first kappa shape index (κ1) is 30.8. The molecule has 34 heavy (non-hydrogen) atoms. The van der Waals surface area contributed by atoms with E-state index in [0.717, 1.165) is 12.8 Å². The highest BCUT2D eigenvalue weighted by Crippen LogP contribution is 2.37. The van der Waals surface area contributed by atoms with Gasteiger partial charge < -0.3 is 21.7 Å². The largest absolute Gasteiger partial charge is 0.385 e. The summed E-state index contributed by atoms with van der Waals surface area (Å²) in [5.41, 5.74) is 11.2. The third-order valence-electron chi connectivity index (χ3n) is 6.29. The molecule has 6 N–H and O–H groups in total. The van der Waals surface area contributed by atoms with Crippen LogP contribution in [0.15, 0.2) is 48.5 Å². The van der Waals surface area contributed by atoms with Crippen molar-refractivity contribution in [1.29, 1.82) is 0 Å². The molecule has 6 nitrogen and oxygen atoms in total. The molecule has 10 heteroatoms. The number of carbonyl (C=O) groups excluding carboxylic acids is 2. The Morgan fingerprint density at radius 3 is 1.35 bits per heavy atom. The second-order valence-electron chi connectivity index (χ2n) is 8.45. The summed E-state index contributed by atoms with van der Waals surface area (Å²) in [7, 11) is 0. The topological polar surface area (TPSA) is 127 Å². The number of aliphatic hydroxyl groups excluding tert-OH is 2. The summed E-state index contributed by atoms with van der Waals surface area (Å²) in [6, 6.07) is 14.1. The fourth-order valence-electron chi connectivity index (χ4n) is 4.43. The van der Waals surface area contributed by atoms with Crippen LogP contribution in [-0.2, 0) is 20.7 Å². The van der Waals surface area contributed by atoms with Crippen molar-refractivity contribution in [3.05, 3.63) is 69.7 Å². The summed E-state index contributed by atoms with van der Waals surface area (Å²) in [6.45, 7) is 0. The van der Waals surface area contributed by atoms with Crippen LogP contribution in [-0.4, -0.2) is 34.0 Å². The lowest BCUT2D eigenvalue weighted by atomic mass is 9.75. The number of carbonyl (C=O) groups is 2. The van der Waals surface area contributed by atoms with Gasteiger partial charge in [0.15, 0.2) is 11.6 Å². The third-order valence-corrected chi connectivity index (χ3v) is 6.95. The van der Waals surface area contributed by atoms with Gasteiger partial charge in [-0.05, 0) is 61.8 Å². The average Bonchev–Trinajstić information content (AvgIpc) is 2.77. The molecule has 4 rings (SSSR count). The molecule has 0 aromatic heterocycles.